The van der Waals surface area contributed by atoms with E-state index in [1.807, 2.05) is 0 Å². The first-order valence-corrected chi connectivity index (χ1v) is 4.52. The second kappa shape index (κ2) is 4.31. The van der Waals surface area contributed by atoms with Gasteiger partial charge in [-0.25, -0.2) is 0 Å². The quantitative estimate of drug-likeness (QED) is 0.668. The van der Waals surface area contributed by atoms with E-state index < -0.39 is 0 Å². The molecular weight excluding hydrogens is 154 g/mol. The average molecular weight is 167 g/mol. The second-order valence-corrected chi connectivity index (χ2v) is 3.66. The zero-order chi connectivity index (χ0) is 8.10. The highest BCUT2D eigenvalue weighted by Crippen LogP contribution is 2.09. The molecule has 0 spiro atoms. The Balaban J connectivity index is 2.37. The molecule has 0 bridgehead atoms. The van der Waals surface area contributed by atoms with Crippen molar-refractivity contribution in [3.8, 4) is 0 Å². The number of hydrogen-bond donors (Lipinski definition) is 0. The van der Waals surface area contributed by atoms with Gasteiger partial charge in [-0.05, 0) is 31.6 Å². The molecule has 60 valence electrons. The predicted molar refractivity (Wildman–Crippen MR) is 51.9 cm³/mol. The summed E-state index contributed by atoms with van der Waals surface area (Å²) in [7, 11) is 4.14. The Bertz CT molecular complexity index is 211. The molecule has 0 saturated carbocycles. The van der Waals surface area contributed by atoms with Crippen molar-refractivity contribution >= 4 is 17.4 Å². The van der Waals surface area contributed by atoms with E-state index >= 15 is 0 Å². The molecule has 0 amide bonds. The van der Waals surface area contributed by atoms with Gasteiger partial charge in [0, 0.05) is 11.4 Å². The van der Waals surface area contributed by atoms with Gasteiger partial charge in [0.05, 0.1) is 0 Å². The molecule has 0 aromatic carbocycles. The molecule has 0 fully saturated rings. The third kappa shape index (κ3) is 3.35. The summed E-state index contributed by atoms with van der Waals surface area (Å²) in [5.74, 6) is 0. The van der Waals surface area contributed by atoms with Gasteiger partial charge < -0.3 is 4.90 Å². The Morgan fingerprint density at radius 1 is 1.55 bits per heavy atom. The average Bonchev–Trinajstić information content (AvgIpc) is 2.39. The normalized spacial score (nSPS) is 11.5. The molecule has 11 heavy (non-hydrogen) atoms. The lowest BCUT2D eigenvalue weighted by atomic mass is 10.4. The SMILES string of the molecule is CN(C)C/C=C/c1cccs1. The van der Waals surface area contributed by atoms with Crippen molar-refractivity contribution in [2.45, 2.75) is 0 Å². The first-order chi connectivity index (χ1) is 5.29. The van der Waals surface area contributed by atoms with Crippen LogP contribution in [-0.2, 0) is 0 Å². The summed E-state index contributed by atoms with van der Waals surface area (Å²) in [5.41, 5.74) is 0. The van der Waals surface area contributed by atoms with Gasteiger partial charge in [-0.2, -0.15) is 0 Å². The maximum absolute atomic E-state index is 2.17. The third-order valence-electron chi connectivity index (χ3n) is 1.30. The van der Waals surface area contributed by atoms with Gasteiger partial charge in [0.1, 0.15) is 0 Å². The van der Waals surface area contributed by atoms with Gasteiger partial charge in [-0.15, -0.1) is 11.3 Å². The Kier molecular flexibility index (Phi) is 3.33. The molecule has 0 atom stereocenters. The Hall–Kier alpha value is -0.600. The topological polar surface area (TPSA) is 3.24 Å². The van der Waals surface area contributed by atoms with Crippen molar-refractivity contribution in [1.82, 2.24) is 4.90 Å². The molecule has 1 rings (SSSR count). The van der Waals surface area contributed by atoms with E-state index in [4.69, 9.17) is 0 Å². The van der Waals surface area contributed by atoms with Crippen LogP contribution in [0, 0.1) is 0 Å². The van der Waals surface area contributed by atoms with Gasteiger partial charge in [0.25, 0.3) is 0 Å². The summed E-state index contributed by atoms with van der Waals surface area (Å²) in [6.45, 7) is 1.01. The van der Waals surface area contributed by atoms with Crippen LogP contribution in [0.5, 0.6) is 0 Å². The lowest BCUT2D eigenvalue weighted by Crippen LogP contribution is -2.10. The highest BCUT2D eigenvalue weighted by molar-refractivity contribution is 7.10. The summed E-state index contributed by atoms with van der Waals surface area (Å²) < 4.78 is 0. The largest absolute Gasteiger partial charge is 0.306 e. The third-order valence-corrected chi connectivity index (χ3v) is 2.13. The maximum atomic E-state index is 2.17. The van der Waals surface area contributed by atoms with Crippen molar-refractivity contribution in [3.05, 3.63) is 28.5 Å². The van der Waals surface area contributed by atoms with E-state index in [9.17, 15) is 0 Å². The van der Waals surface area contributed by atoms with Gasteiger partial charge in [-0.3, -0.25) is 0 Å². The van der Waals surface area contributed by atoms with Crippen molar-refractivity contribution in [2.75, 3.05) is 20.6 Å². The Morgan fingerprint density at radius 2 is 2.36 bits per heavy atom. The van der Waals surface area contributed by atoms with Crippen molar-refractivity contribution in [2.24, 2.45) is 0 Å². The van der Waals surface area contributed by atoms with E-state index in [2.05, 4.69) is 48.7 Å². The molecule has 0 radical (unpaired) electrons. The van der Waals surface area contributed by atoms with Crippen LogP contribution in [0.2, 0.25) is 0 Å². The van der Waals surface area contributed by atoms with E-state index in [-0.39, 0.29) is 0 Å². The molecule has 0 saturated heterocycles. The highest BCUT2D eigenvalue weighted by Gasteiger charge is 1.85. The minimum absolute atomic E-state index is 1.01. The minimum atomic E-state index is 1.01. The van der Waals surface area contributed by atoms with Gasteiger partial charge in [0.2, 0.25) is 0 Å². The van der Waals surface area contributed by atoms with Crippen LogP contribution >= 0.6 is 11.3 Å². The molecule has 2 heteroatoms. The molecule has 0 N–H and O–H groups in total. The second-order valence-electron chi connectivity index (χ2n) is 2.68. The number of nitrogens with zero attached hydrogens (tertiary/aromatic N) is 1. The number of likely N-dealkylation sites (N-methyl/N-ethyl adjacent to an activating group) is 1. The molecule has 1 nitrogen and oxygen atoms in total. The van der Waals surface area contributed by atoms with Crippen molar-refractivity contribution in [3.63, 3.8) is 0 Å². The van der Waals surface area contributed by atoms with E-state index in [1.165, 1.54) is 4.88 Å². The standard InChI is InChI=1S/C9H13NS/c1-10(2)7-3-5-9-6-4-8-11-9/h3-6,8H,7H2,1-2H3/b5-3+. The van der Waals surface area contributed by atoms with Gasteiger partial charge in [0.15, 0.2) is 0 Å². The number of hydrogen-bond acceptors (Lipinski definition) is 2. The molecule has 0 aliphatic carbocycles. The van der Waals surface area contributed by atoms with Crippen LogP contribution in [0.15, 0.2) is 23.6 Å². The molecule has 0 aliphatic heterocycles. The smallest absolute Gasteiger partial charge is 0.0267 e. The monoisotopic (exact) mass is 167 g/mol. The zero-order valence-corrected chi connectivity index (χ0v) is 7.77. The van der Waals surface area contributed by atoms with Crippen LogP contribution in [0.1, 0.15) is 4.88 Å². The molecule has 1 aromatic rings. The fourth-order valence-electron chi connectivity index (χ4n) is 0.766. The predicted octanol–water partition coefficient (Wildman–Crippen LogP) is 2.32. The Morgan fingerprint density at radius 3 is 2.91 bits per heavy atom. The van der Waals surface area contributed by atoms with Crippen LogP contribution in [-0.4, -0.2) is 25.5 Å². The number of rotatable bonds is 3. The molecule has 0 unspecified atom stereocenters. The highest BCUT2D eigenvalue weighted by atomic mass is 32.1. The van der Waals surface area contributed by atoms with Crippen molar-refractivity contribution in [1.29, 1.82) is 0 Å². The van der Waals surface area contributed by atoms with Crippen LogP contribution in [0.4, 0.5) is 0 Å². The fourth-order valence-corrected chi connectivity index (χ4v) is 1.41. The Labute approximate surface area is 72.0 Å². The summed E-state index contributed by atoms with van der Waals surface area (Å²) in [6, 6.07) is 4.19. The maximum Gasteiger partial charge on any atom is 0.0267 e. The van der Waals surface area contributed by atoms with E-state index in [0.29, 0.717) is 0 Å². The lowest BCUT2D eigenvalue weighted by molar-refractivity contribution is 0.457. The zero-order valence-electron chi connectivity index (χ0n) is 6.95. The molecule has 0 aliphatic rings. The van der Waals surface area contributed by atoms with E-state index in [0.717, 1.165) is 6.54 Å². The van der Waals surface area contributed by atoms with E-state index in [1.54, 1.807) is 11.3 Å². The molecular formula is C9H13NS. The van der Waals surface area contributed by atoms with Crippen LogP contribution < -0.4 is 0 Å². The summed E-state index contributed by atoms with van der Waals surface area (Å²) >= 11 is 1.77. The first kappa shape index (κ1) is 8.50. The lowest BCUT2D eigenvalue weighted by Gasteiger charge is -2.02. The molecule has 1 heterocycles. The minimum Gasteiger partial charge on any atom is -0.306 e. The fraction of sp³-hybridized carbons (Fsp3) is 0.333. The van der Waals surface area contributed by atoms with Gasteiger partial charge in [-0.1, -0.05) is 12.1 Å². The molecule has 1 aromatic heterocycles. The summed E-state index contributed by atoms with van der Waals surface area (Å²) in [6.07, 6.45) is 4.33. The first-order valence-electron chi connectivity index (χ1n) is 3.64. The van der Waals surface area contributed by atoms with Crippen LogP contribution in [0.3, 0.4) is 0 Å². The summed E-state index contributed by atoms with van der Waals surface area (Å²) in [4.78, 5) is 3.47. The number of thiophene rings is 1. The van der Waals surface area contributed by atoms with Gasteiger partial charge >= 0.3 is 0 Å². The van der Waals surface area contributed by atoms with Crippen LogP contribution in [0.25, 0.3) is 6.08 Å². The van der Waals surface area contributed by atoms with Crippen molar-refractivity contribution < 1.29 is 0 Å². The summed E-state index contributed by atoms with van der Waals surface area (Å²) in [5, 5.41) is 2.09.